The molecular formula is C25H24N6O3S. The topological polar surface area (TPSA) is 117 Å². The third-order valence-corrected chi connectivity index (χ3v) is 7.86. The monoisotopic (exact) mass is 488 g/mol. The minimum absolute atomic E-state index is 0.159. The maximum atomic E-state index is 13.2. The van der Waals surface area contributed by atoms with Crippen molar-refractivity contribution in [3.8, 4) is 17.5 Å². The second kappa shape index (κ2) is 9.74. The van der Waals surface area contributed by atoms with Crippen LogP contribution in [-0.2, 0) is 29.5 Å². The van der Waals surface area contributed by atoms with Crippen molar-refractivity contribution in [2.24, 2.45) is 0 Å². The molecule has 4 aromatic rings. The standard InChI is InChI=1S/C25H24N6O3S/c26-16-23-25(28-11-3-13-30-15-12-27-18-30)34-24(29-23)20-6-8-22(9-7-20)35(32,33)31-14-10-19-4-1-2-5-21(19)17-31/h1-2,4-9,12,15,18,28H,3,10-11,13-14,17H2. The van der Waals surface area contributed by atoms with Gasteiger partial charge in [0, 0.05) is 44.1 Å². The van der Waals surface area contributed by atoms with Gasteiger partial charge < -0.3 is 14.3 Å². The number of nitrogens with one attached hydrogen (secondary N) is 1. The summed E-state index contributed by atoms with van der Waals surface area (Å²) in [6, 6.07) is 16.4. The average Bonchev–Trinajstić information content (AvgIpc) is 3.56. The van der Waals surface area contributed by atoms with Gasteiger partial charge in [-0.2, -0.15) is 14.6 Å². The Hall–Kier alpha value is -3.94. The molecule has 1 N–H and O–H groups in total. The van der Waals surface area contributed by atoms with Gasteiger partial charge in [-0.25, -0.2) is 13.4 Å². The number of anilines is 1. The Balaban J connectivity index is 1.27. The first-order chi connectivity index (χ1) is 17.0. The molecule has 178 valence electrons. The van der Waals surface area contributed by atoms with Gasteiger partial charge in [-0.05, 0) is 48.2 Å². The summed E-state index contributed by atoms with van der Waals surface area (Å²) in [5, 5.41) is 12.6. The molecule has 5 rings (SSSR count). The molecule has 2 aromatic heterocycles. The molecule has 0 atom stereocenters. The zero-order valence-electron chi connectivity index (χ0n) is 19.0. The summed E-state index contributed by atoms with van der Waals surface area (Å²) in [5.74, 6) is 0.561. The highest BCUT2D eigenvalue weighted by atomic mass is 32.2. The normalized spacial score (nSPS) is 13.8. The Bertz CT molecular complexity index is 1450. The fourth-order valence-corrected chi connectivity index (χ4v) is 5.53. The molecule has 3 heterocycles. The first kappa shape index (κ1) is 22.8. The van der Waals surface area contributed by atoms with Crippen LogP contribution in [0.15, 0.2) is 76.6 Å². The molecule has 0 bridgehead atoms. The lowest BCUT2D eigenvalue weighted by molar-refractivity contribution is 0.391. The van der Waals surface area contributed by atoms with Gasteiger partial charge in [-0.15, -0.1) is 0 Å². The first-order valence-electron chi connectivity index (χ1n) is 11.3. The third kappa shape index (κ3) is 4.82. The van der Waals surface area contributed by atoms with E-state index in [2.05, 4.69) is 15.3 Å². The van der Waals surface area contributed by atoms with Crippen LogP contribution in [0.4, 0.5) is 5.88 Å². The Morgan fingerprint density at radius 1 is 1.11 bits per heavy atom. The number of hydrogen-bond donors (Lipinski definition) is 1. The fourth-order valence-electron chi connectivity index (χ4n) is 4.12. The molecule has 0 spiro atoms. The number of fused-ring (bicyclic) bond motifs is 1. The second-order valence-corrected chi connectivity index (χ2v) is 10.2. The molecule has 0 saturated heterocycles. The molecule has 0 radical (unpaired) electrons. The minimum atomic E-state index is -3.63. The number of benzene rings is 2. The van der Waals surface area contributed by atoms with Gasteiger partial charge in [-0.3, -0.25) is 0 Å². The quantitative estimate of drug-likeness (QED) is 0.376. The predicted molar refractivity (Wildman–Crippen MR) is 130 cm³/mol. The summed E-state index contributed by atoms with van der Waals surface area (Å²) in [5.41, 5.74) is 2.98. The molecule has 10 heteroatoms. The zero-order chi connectivity index (χ0) is 24.3. The van der Waals surface area contributed by atoms with Gasteiger partial charge in [0.2, 0.25) is 27.5 Å². The zero-order valence-corrected chi connectivity index (χ0v) is 19.8. The summed E-state index contributed by atoms with van der Waals surface area (Å²) in [6.45, 7) is 2.19. The average molecular weight is 489 g/mol. The number of imidazole rings is 1. The SMILES string of the molecule is N#Cc1nc(-c2ccc(S(=O)(=O)N3CCc4ccccc4C3)cc2)oc1NCCCn1ccnc1. The fraction of sp³-hybridized carbons (Fsp3) is 0.240. The Labute approximate surface area is 203 Å². The molecule has 0 fully saturated rings. The van der Waals surface area contributed by atoms with Crippen LogP contribution < -0.4 is 5.32 Å². The third-order valence-electron chi connectivity index (χ3n) is 6.01. The van der Waals surface area contributed by atoms with Crippen molar-refractivity contribution in [3.63, 3.8) is 0 Å². The van der Waals surface area contributed by atoms with Crippen LogP contribution in [0.25, 0.3) is 11.5 Å². The number of nitriles is 1. The van der Waals surface area contributed by atoms with Crippen LogP contribution in [0.3, 0.4) is 0 Å². The summed E-state index contributed by atoms with van der Waals surface area (Å²) in [6.07, 6.45) is 6.87. The van der Waals surface area contributed by atoms with E-state index >= 15 is 0 Å². The van der Waals surface area contributed by atoms with E-state index in [1.54, 1.807) is 36.8 Å². The van der Waals surface area contributed by atoms with Crippen LogP contribution in [0.1, 0.15) is 23.2 Å². The number of sulfonamides is 1. The molecule has 0 saturated carbocycles. The second-order valence-electron chi connectivity index (χ2n) is 8.27. The maximum absolute atomic E-state index is 13.2. The molecule has 0 amide bonds. The summed E-state index contributed by atoms with van der Waals surface area (Å²) >= 11 is 0. The number of rotatable bonds is 8. The molecule has 9 nitrogen and oxygen atoms in total. The minimum Gasteiger partial charge on any atom is -0.419 e. The van der Waals surface area contributed by atoms with Crippen molar-refractivity contribution in [2.45, 2.75) is 30.8 Å². The summed E-state index contributed by atoms with van der Waals surface area (Å²) < 4.78 is 35.7. The van der Waals surface area contributed by atoms with Crippen molar-refractivity contribution in [1.82, 2.24) is 18.8 Å². The maximum Gasteiger partial charge on any atom is 0.243 e. The van der Waals surface area contributed by atoms with E-state index in [-0.39, 0.29) is 16.5 Å². The number of aromatic nitrogens is 3. The van der Waals surface area contributed by atoms with Gasteiger partial charge in [0.25, 0.3) is 0 Å². The Kier molecular flexibility index (Phi) is 6.35. The molecule has 2 aromatic carbocycles. The summed E-state index contributed by atoms with van der Waals surface area (Å²) in [4.78, 5) is 8.49. The Morgan fingerprint density at radius 3 is 2.66 bits per heavy atom. The molecule has 1 aliphatic heterocycles. The van der Waals surface area contributed by atoms with Crippen LogP contribution in [0, 0.1) is 11.3 Å². The highest BCUT2D eigenvalue weighted by molar-refractivity contribution is 7.89. The van der Waals surface area contributed by atoms with E-state index in [0.29, 0.717) is 37.5 Å². The lowest BCUT2D eigenvalue weighted by Crippen LogP contribution is -2.35. The van der Waals surface area contributed by atoms with Crippen molar-refractivity contribution in [3.05, 3.63) is 84.1 Å². The number of oxazole rings is 1. The van der Waals surface area contributed by atoms with E-state index < -0.39 is 10.0 Å². The van der Waals surface area contributed by atoms with Crippen LogP contribution in [-0.4, -0.2) is 40.3 Å². The van der Waals surface area contributed by atoms with E-state index in [0.717, 1.165) is 18.5 Å². The molecule has 1 aliphatic rings. The predicted octanol–water partition coefficient (Wildman–Crippen LogP) is 3.66. The van der Waals surface area contributed by atoms with Gasteiger partial charge >= 0.3 is 0 Å². The van der Waals surface area contributed by atoms with Gasteiger partial charge in [0.05, 0.1) is 11.2 Å². The van der Waals surface area contributed by atoms with E-state index in [9.17, 15) is 13.7 Å². The lowest BCUT2D eigenvalue weighted by atomic mass is 10.0. The lowest BCUT2D eigenvalue weighted by Gasteiger charge is -2.28. The highest BCUT2D eigenvalue weighted by Crippen LogP contribution is 2.29. The van der Waals surface area contributed by atoms with Crippen LogP contribution in [0.2, 0.25) is 0 Å². The highest BCUT2D eigenvalue weighted by Gasteiger charge is 2.28. The molecule has 0 unspecified atom stereocenters. The van der Waals surface area contributed by atoms with Crippen molar-refractivity contribution in [2.75, 3.05) is 18.4 Å². The van der Waals surface area contributed by atoms with Crippen LogP contribution in [0.5, 0.6) is 0 Å². The largest absolute Gasteiger partial charge is 0.419 e. The van der Waals surface area contributed by atoms with E-state index in [1.165, 1.54) is 9.87 Å². The molecular weight excluding hydrogens is 464 g/mol. The van der Waals surface area contributed by atoms with Crippen molar-refractivity contribution < 1.29 is 12.8 Å². The first-order valence-corrected chi connectivity index (χ1v) is 12.8. The van der Waals surface area contributed by atoms with Gasteiger partial charge in [-0.1, -0.05) is 24.3 Å². The Morgan fingerprint density at radius 2 is 1.91 bits per heavy atom. The van der Waals surface area contributed by atoms with Gasteiger partial charge in [0.1, 0.15) is 6.07 Å². The molecule has 0 aliphatic carbocycles. The van der Waals surface area contributed by atoms with Crippen molar-refractivity contribution in [1.29, 1.82) is 5.26 Å². The van der Waals surface area contributed by atoms with Gasteiger partial charge in [0.15, 0.2) is 0 Å². The smallest absolute Gasteiger partial charge is 0.243 e. The summed E-state index contributed by atoms with van der Waals surface area (Å²) in [7, 11) is -3.63. The number of hydrogen-bond acceptors (Lipinski definition) is 7. The number of nitrogens with zero attached hydrogens (tertiary/aromatic N) is 5. The van der Waals surface area contributed by atoms with E-state index in [4.69, 9.17) is 4.42 Å². The van der Waals surface area contributed by atoms with Crippen LogP contribution >= 0.6 is 0 Å². The number of aryl methyl sites for hydroxylation is 1. The van der Waals surface area contributed by atoms with Crippen molar-refractivity contribution >= 4 is 15.9 Å². The van der Waals surface area contributed by atoms with E-state index in [1.807, 2.05) is 41.1 Å². The molecule has 35 heavy (non-hydrogen) atoms.